The van der Waals surface area contributed by atoms with E-state index in [0.717, 1.165) is 44.8 Å². The molecule has 1 amide bonds. The van der Waals surface area contributed by atoms with E-state index in [-0.39, 0.29) is 11.8 Å². The minimum absolute atomic E-state index is 0.0977. The molecule has 8 heteroatoms. The summed E-state index contributed by atoms with van der Waals surface area (Å²) in [5.41, 5.74) is -0.422. The number of alkyl halides is 3. The molecular weight excluding hydrogens is 321 g/mol. The normalized spacial score (nSPS) is 25.2. The highest BCUT2D eigenvalue weighted by Gasteiger charge is 2.35. The van der Waals surface area contributed by atoms with Gasteiger partial charge in [-0.3, -0.25) is 9.89 Å². The van der Waals surface area contributed by atoms with Crippen molar-refractivity contribution in [3.63, 3.8) is 0 Å². The molecule has 2 unspecified atom stereocenters. The largest absolute Gasteiger partial charge is 0.435 e. The second kappa shape index (κ2) is 7.13. The summed E-state index contributed by atoms with van der Waals surface area (Å²) >= 11 is 0. The lowest BCUT2D eigenvalue weighted by Gasteiger charge is -2.32. The molecular formula is C16H23F3N4O. The van der Waals surface area contributed by atoms with Crippen LogP contribution in [0.25, 0.3) is 0 Å². The average Bonchev–Trinajstić information content (AvgIpc) is 3.23. The van der Waals surface area contributed by atoms with Gasteiger partial charge in [0.2, 0.25) is 5.91 Å². The van der Waals surface area contributed by atoms with Gasteiger partial charge in [-0.25, -0.2) is 0 Å². The highest BCUT2D eigenvalue weighted by Crippen LogP contribution is 2.32. The summed E-state index contributed by atoms with van der Waals surface area (Å²) in [5, 5.41) is 9.15. The predicted molar refractivity (Wildman–Crippen MR) is 82.4 cm³/mol. The fraction of sp³-hybridized carbons (Fsp3) is 0.750. The van der Waals surface area contributed by atoms with Gasteiger partial charge in [0, 0.05) is 31.1 Å². The van der Waals surface area contributed by atoms with Crippen molar-refractivity contribution >= 4 is 5.91 Å². The summed E-state index contributed by atoms with van der Waals surface area (Å²) in [4.78, 5) is 14.2. The number of aromatic amines is 1. The molecule has 1 aromatic heterocycles. The van der Waals surface area contributed by atoms with Crippen LogP contribution < -0.4 is 5.32 Å². The summed E-state index contributed by atoms with van der Waals surface area (Å²) in [6.07, 6.45) is -0.332. The number of hydrogen-bond donors (Lipinski definition) is 2. The second-order valence-corrected chi connectivity index (χ2v) is 6.78. The number of likely N-dealkylation sites (tertiary alicyclic amines) is 1. The number of carbonyl (C=O) groups is 1. The van der Waals surface area contributed by atoms with Crippen molar-refractivity contribution in [3.8, 4) is 0 Å². The van der Waals surface area contributed by atoms with E-state index in [4.69, 9.17) is 0 Å². The Morgan fingerprint density at radius 1 is 1.38 bits per heavy atom. The smallest absolute Gasteiger partial charge is 0.342 e. The first-order valence-corrected chi connectivity index (χ1v) is 8.54. The van der Waals surface area contributed by atoms with E-state index in [0.29, 0.717) is 31.1 Å². The zero-order chi connectivity index (χ0) is 17.2. The average molecular weight is 344 g/mol. The number of H-pyrrole nitrogens is 1. The number of halogens is 3. The van der Waals surface area contributed by atoms with E-state index in [2.05, 4.69) is 15.5 Å². The van der Waals surface area contributed by atoms with E-state index >= 15 is 0 Å². The zero-order valence-corrected chi connectivity index (χ0v) is 13.5. The van der Waals surface area contributed by atoms with E-state index in [9.17, 15) is 18.0 Å². The van der Waals surface area contributed by atoms with E-state index in [1.807, 2.05) is 0 Å². The Hall–Kier alpha value is -1.57. The van der Waals surface area contributed by atoms with Crippen molar-refractivity contribution in [1.29, 1.82) is 0 Å². The number of aromatic nitrogens is 2. The minimum atomic E-state index is -4.44. The number of piperidine rings is 1. The molecule has 24 heavy (non-hydrogen) atoms. The van der Waals surface area contributed by atoms with Crippen LogP contribution in [0.3, 0.4) is 0 Å². The number of nitrogens with one attached hydrogen (secondary N) is 2. The maximum Gasteiger partial charge on any atom is 0.435 e. The summed E-state index contributed by atoms with van der Waals surface area (Å²) in [5.74, 6) is 0.582. The summed E-state index contributed by atoms with van der Waals surface area (Å²) in [6.45, 7) is 3.16. The molecule has 2 aliphatic rings. The van der Waals surface area contributed by atoms with Crippen LogP contribution in [0.4, 0.5) is 13.2 Å². The van der Waals surface area contributed by atoms with Crippen molar-refractivity contribution in [3.05, 3.63) is 17.5 Å². The fourth-order valence-electron chi connectivity index (χ4n) is 3.60. The first-order chi connectivity index (χ1) is 11.4. The second-order valence-electron chi connectivity index (χ2n) is 6.78. The number of rotatable bonds is 4. The Bertz CT molecular complexity index is 566. The van der Waals surface area contributed by atoms with Crippen LogP contribution in [0.5, 0.6) is 0 Å². The Kier molecular flexibility index (Phi) is 5.12. The standard InChI is InChI=1S/C16H23F3N4O/c17-16(18,19)14-8-13(21-22-14)12-2-1-7-23(10-12)15(24)4-3-11-5-6-20-9-11/h8,11-12,20H,1-7,9-10H2,(H,21,22). The van der Waals surface area contributed by atoms with Gasteiger partial charge in [-0.1, -0.05) is 0 Å². The Morgan fingerprint density at radius 3 is 2.88 bits per heavy atom. The van der Waals surface area contributed by atoms with Gasteiger partial charge < -0.3 is 10.2 Å². The highest BCUT2D eigenvalue weighted by atomic mass is 19.4. The third kappa shape index (κ3) is 4.09. The molecule has 3 rings (SSSR count). The van der Waals surface area contributed by atoms with Gasteiger partial charge in [0.15, 0.2) is 5.69 Å². The van der Waals surface area contributed by atoms with Gasteiger partial charge in [-0.2, -0.15) is 18.3 Å². The van der Waals surface area contributed by atoms with Gasteiger partial charge in [-0.05, 0) is 50.8 Å². The molecule has 0 spiro atoms. The monoisotopic (exact) mass is 344 g/mol. The predicted octanol–water partition coefficient (Wildman–Crippen LogP) is 2.52. The van der Waals surface area contributed by atoms with Crippen molar-refractivity contribution < 1.29 is 18.0 Å². The van der Waals surface area contributed by atoms with Crippen LogP contribution >= 0.6 is 0 Å². The quantitative estimate of drug-likeness (QED) is 0.882. The first kappa shape index (κ1) is 17.3. The van der Waals surface area contributed by atoms with Gasteiger partial charge in [0.1, 0.15) is 0 Å². The molecule has 2 atom stereocenters. The first-order valence-electron chi connectivity index (χ1n) is 8.54. The molecule has 3 heterocycles. The van der Waals surface area contributed by atoms with Gasteiger partial charge in [0.05, 0.1) is 0 Å². The van der Waals surface area contributed by atoms with Crippen molar-refractivity contribution in [2.24, 2.45) is 5.92 Å². The van der Waals surface area contributed by atoms with Crippen LogP contribution in [0.1, 0.15) is 49.4 Å². The summed E-state index contributed by atoms with van der Waals surface area (Å²) < 4.78 is 38.0. The van der Waals surface area contributed by atoms with E-state index in [1.54, 1.807) is 4.90 Å². The molecule has 2 fully saturated rings. The number of hydrogen-bond acceptors (Lipinski definition) is 3. The lowest BCUT2D eigenvalue weighted by molar-refractivity contribution is -0.141. The van der Waals surface area contributed by atoms with Gasteiger partial charge in [0.25, 0.3) is 0 Å². The van der Waals surface area contributed by atoms with Crippen LogP contribution in [-0.2, 0) is 11.0 Å². The maximum atomic E-state index is 12.7. The SMILES string of the molecule is O=C(CCC1CCNC1)N1CCCC(c2cc(C(F)(F)F)n[nH]2)C1. The molecule has 2 aliphatic heterocycles. The van der Waals surface area contributed by atoms with Crippen LogP contribution in [0.15, 0.2) is 6.07 Å². The highest BCUT2D eigenvalue weighted by molar-refractivity contribution is 5.76. The van der Waals surface area contributed by atoms with Gasteiger partial charge >= 0.3 is 6.18 Å². The molecule has 0 saturated carbocycles. The number of amides is 1. The summed E-state index contributed by atoms with van der Waals surface area (Å²) in [6, 6.07) is 1.07. The van der Waals surface area contributed by atoms with E-state index < -0.39 is 11.9 Å². The topological polar surface area (TPSA) is 61.0 Å². The molecule has 0 aliphatic carbocycles. The molecule has 5 nitrogen and oxygen atoms in total. The van der Waals surface area contributed by atoms with Crippen LogP contribution in [0.2, 0.25) is 0 Å². The molecule has 2 N–H and O–H groups in total. The molecule has 1 aromatic rings. The van der Waals surface area contributed by atoms with E-state index in [1.165, 1.54) is 0 Å². The molecule has 2 saturated heterocycles. The lowest BCUT2D eigenvalue weighted by Crippen LogP contribution is -2.39. The third-order valence-electron chi connectivity index (χ3n) is 5.03. The summed E-state index contributed by atoms with van der Waals surface area (Å²) in [7, 11) is 0. The Labute approximate surface area is 139 Å². The molecule has 134 valence electrons. The number of carbonyl (C=O) groups excluding carboxylic acids is 1. The Balaban J connectivity index is 1.55. The van der Waals surface area contributed by atoms with Gasteiger partial charge in [-0.15, -0.1) is 0 Å². The number of nitrogens with zero attached hydrogens (tertiary/aromatic N) is 2. The third-order valence-corrected chi connectivity index (χ3v) is 5.03. The van der Waals surface area contributed by atoms with Crippen molar-refractivity contribution in [2.75, 3.05) is 26.2 Å². The zero-order valence-electron chi connectivity index (χ0n) is 13.5. The fourth-order valence-corrected chi connectivity index (χ4v) is 3.60. The Morgan fingerprint density at radius 2 is 2.21 bits per heavy atom. The lowest BCUT2D eigenvalue weighted by atomic mass is 9.94. The van der Waals surface area contributed by atoms with Crippen molar-refractivity contribution in [1.82, 2.24) is 20.4 Å². The van der Waals surface area contributed by atoms with Crippen LogP contribution in [0, 0.1) is 5.92 Å². The molecule has 0 radical (unpaired) electrons. The molecule has 0 aromatic carbocycles. The minimum Gasteiger partial charge on any atom is -0.342 e. The van der Waals surface area contributed by atoms with Crippen LogP contribution in [-0.4, -0.2) is 47.2 Å². The molecule has 0 bridgehead atoms. The maximum absolute atomic E-state index is 12.7. The van der Waals surface area contributed by atoms with Crippen molar-refractivity contribution in [2.45, 2.75) is 44.2 Å².